The number of hydrogen-bond donors (Lipinski definition) is 1. The van der Waals surface area contributed by atoms with Crippen molar-refractivity contribution in [3.8, 4) is 11.6 Å². The van der Waals surface area contributed by atoms with Gasteiger partial charge in [-0.15, -0.1) is 0 Å². The van der Waals surface area contributed by atoms with Gasteiger partial charge in [-0.3, -0.25) is 0 Å². The van der Waals surface area contributed by atoms with E-state index >= 15 is 0 Å². The van der Waals surface area contributed by atoms with E-state index in [0.717, 1.165) is 30.8 Å². The number of ether oxygens (including phenoxy) is 2. The van der Waals surface area contributed by atoms with Crippen LogP contribution in [-0.4, -0.2) is 24.6 Å². The van der Waals surface area contributed by atoms with E-state index in [1.54, 1.807) is 12.1 Å². The Balaban J connectivity index is 1.89. The number of para-hydroxylation sites is 1. The summed E-state index contributed by atoms with van der Waals surface area (Å²) in [6.45, 7) is 0.934. The Morgan fingerprint density at radius 2 is 2.24 bits per heavy atom. The number of esters is 1. The number of hydrogen-bond acceptors (Lipinski definition) is 5. The highest BCUT2D eigenvalue weighted by molar-refractivity contribution is 5.89. The van der Waals surface area contributed by atoms with E-state index < -0.39 is 5.97 Å². The van der Waals surface area contributed by atoms with Crippen LogP contribution in [0.15, 0.2) is 36.5 Å². The smallest absolute Gasteiger partial charge is 0.338 e. The van der Waals surface area contributed by atoms with Crippen molar-refractivity contribution in [3.05, 3.63) is 47.7 Å². The van der Waals surface area contributed by atoms with Crippen molar-refractivity contribution in [1.82, 2.24) is 4.98 Å². The van der Waals surface area contributed by atoms with Crippen LogP contribution in [0.5, 0.6) is 11.6 Å². The molecule has 0 amide bonds. The number of fused-ring (bicyclic) bond motifs is 1. The largest absolute Gasteiger partial charge is 0.465 e. The maximum Gasteiger partial charge on any atom is 0.338 e. The fourth-order valence-electron chi connectivity index (χ4n) is 2.39. The van der Waals surface area contributed by atoms with Gasteiger partial charge in [0.05, 0.1) is 18.4 Å². The first kappa shape index (κ1) is 13.4. The number of pyridine rings is 1. The molecule has 1 aromatic heterocycles. The molecule has 0 saturated carbocycles. The Bertz CT molecular complexity index is 670. The second-order valence-corrected chi connectivity index (χ2v) is 4.80. The normalized spacial score (nSPS) is 13.0. The maximum absolute atomic E-state index is 11.5. The first-order chi connectivity index (χ1) is 10.3. The lowest BCUT2D eigenvalue weighted by Crippen LogP contribution is -2.12. The molecule has 1 N–H and O–H groups in total. The van der Waals surface area contributed by atoms with Crippen molar-refractivity contribution in [1.29, 1.82) is 0 Å². The minimum atomic E-state index is -0.407. The van der Waals surface area contributed by atoms with Crippen LogP contribution in [0.4, 0.5) is 5.69 Å². The number of carbonyl (C=O) groups excluding carboxylic acids is 1. The van der Waals surface area contributed by atoms with Gasteiger partial charge >= 0.3 is 5.97 Å². The van der Waals surface area contributed by atoms with Crippen molar-refractivity contribution < 1.29 is 14.3 Å². The van der Waals surface area contributed by atoms with Crippen LogP contribution in [0.2, 0.25) is 0 Å². The molecule has 2 aromatic rings. The highest BCUT2D eigenvalue weighted by Gasteiger charge is 2.15. The number of aryl methyl sites for hydroxylation is 1. The molecule has 5 nitrogen and oxygen atoms in total. The Morgan fingerprint density at radius 3 is 3.10 bits per heavy atom. The quantitative estimate of drug-likeness (QED) is 0.878. The van der Waals surface area contributed by atoms with Gasteiger partial charge in [0.25, 0.3) is 0 Å². The zero-order valence-corrected chi connectivity index (χ0v) is 11.8. The first-order valence-corrected chi connectivity index (χ1v) is 6.86. The number of nitrogens with one attached hydrogen (secondary N) is 1. The van der Waals surface area contributed by atoms with Gasteiger partial charge in [0.15, 0.2) is 5.75 Å². The van der Waals surface area contributed by atoms with E-state index in [4.69, 9.17) is 9.47 Å². The number of methoxy groups -OCH3 is 1. The minimum Gasteiger partial charge on any atom is -0.465 e. The summed E-state index contributed by atoms with van der Waals surface area (Å²) in [6, 6.07) is 9.12. The summed E-state index contributed by atoms with van der Waals surface area (Å²) in [5.41, 5.74) is 2.66. The van der Waals surface area contributed by atoms with Gasteiger partial charge in [0, 0.05) is 18.8 Å². The minimum absolute atomic E-state index is 0.374. The number of carbonyl (C=O) groups is 1. The van der Waals surface area contributed by atoms with Gasteiger partial charge in [0.1, 0.15) is 0 Å². The van der Waals surface area contributed by atoms with E-state index in [-0.39, 0.29) is 0 Å². The molecule has 0 radical (unpaired) electrons. The zero-order chi connectivity index (χ0) is 14.7. The molecule has 108 valence electrons. The summed E-state index contributed by atoms with van der Waals surface area (Å²) in [4.78, 5) is 15.7. The molecule has 1 aromatic carbocycles. The molecule has 5 heteroatoms. The van der Waals surface area contributed by atoms with Crippen molar-refractivity contribution in [3.63, 3.8) is 0 Å². The van der Waals surface area contributed by atoms with Gasteiger partial charge < -0.3 is 14.8 Å². The molecule has 21 heavy (non-hydrogen) atoms. The zero-order valence-electron chi connectivity index (χ0n) is 11.8. The van der Waals surface area contributed by atoms with E-state index in [0.29, 0.717) is 11.4 Å². The monoisotopic (exact) mass is 284 g/mol. The SMILES string of the molecule is COC(=O)c1ccnc(Oc2cccc3c2NCCC3)c1. The van der Waals surface area contributed by atoms with Crippen LogP contribution in [0, 0.1) is 0 Å². The lowest BCUT2D eigenvalue weighted by Gasteiger charge is -2.20. The molecule has 1 aliphatic heterocycles. The number of benzene rings is 1. The Morgan fingerprint density at radius 1 is 1.33 bits per heavy atom. The van der Waals surface area contributed by atoms with Crippen LogP contribution in [-0.2, 0) is 11.2 Å². The van der Waals surface area contributed by atoms with Crippen LogP contribution in [0.25, 0.3) is 0 Å². The summed E-state index contributed by atoms with van der Waals surface area (Å²) in [5, 5.41) is 3.36. The average molecular weight is 284 g/mol. The molecule has 0 saturated heterocycles. The van der Waals surface area contributed by atoms with Crippen LogP contribution >= 0.6 is 0 Å². The molecule has 0 aliphatic carbocycles. The predicted octanol–water partition coefficient (Wildman–Crippen LogP) is 3.02. The van der Waals surface area contributed by atoms with Crippen LogP contribution in [0.1, 0.15) is 22.3 Å². The van der Waals surface area contributed by atoms with Crippen molar-refractivity contribution >= 4 is 11.7 Å². The van der Waals surface area contributed by atoms with Gasteiger partial charge in [-0.1, -0.05) is 12.1 Å². The molecule has 1 aliphatic rings. The Kier molecular flexibility index (Phi) is 3.73. The van der Waals surface area contributed by atoms with Crippen LogP contribution < -0.4 is 10.1 Å². The third kappa shape index (κ3) is 2.81. The third-order valence-corrected chi connectivity index (χ3v) is 3.41. The Hall–Kier alpha value is -2.56. The van der Waals surface area contributed by atoms with E-state index in [9.17, 15) is 4.79 Å². The summed E-state index contributed by atoms with van der Waals surface area (Å²) in [6.07, 6.45) is 3.69. The third-order valence-electron chi connectivity index (χ3n) is 3.41. The van der Waals surface area contributed by atoms with Gasteiger partial charge in [0.2, 0.25) is 5.88 Å². The second kappa shape index (κ2) is 5.83. The van der Waals surface area contributed by atoms with Gasteiger partial charge in [-0.05, 0) is 30.5 Å². The molecular formula is C16H16N2O3. The molecule has 0 bridgehead atoms. The Labute approximate surface area is 122 Å². The van der Waals surface area contributed by atoms with E-state index in [2.05, 4.69) is 16.4 Å². The number of rotatable bonds is 3. The maximum atomic E-state index is 11.5. The first-order valence-electron chi connectivity index (χ1n) is 6.86. The molecule has 0 spiro atoms. The van der Waals surface area contributed by atoms with Crippen molar-refractivity contribution in [2.75, 3.05) is 19.0 Å². The molecule has 0 atom stereocenters. The molecule has 0 fully saturated rings. The number of aromatic nitrogens is 1. The lowest BCUT2D eigenvalue weighted by molar-refractivity contribution is 0.0600. The van der Waals surface area contributed by atoms with Crippen LogP contribution in [0.3, 0.4) is 0 Å². The number of nitrogens with zero attached hydrogens (tertiary/aromatic N) is 1. The van der Waals surface area contributed by atoms with Crippen molar-refractivity contribution in [2.45, 2.75) is 12.8 Å². The molecular weight excluding hydrogens is 268 g/mol. The topological polar surface area (TPSA) is 60.5 Å². The second-order valence-electron chi connectivity index (χ2n) is 4.80. The lowest BCUT2D eigenvalue weighted by atomic mass is 10.0. The molecule has 3 rings (SSSR count). The molecule has 0 unspecified atom stereocenters. The van der Waals surface area contributed by atoms with Gasteiger partial charge in [-0.25, -0.2) is 9.78 Å². The van der Waals surface area contributed by atoms with E-state index in [1.165, 1.54) is 18.9 Å². The van der Waals surface area contributed by atoms with Gasteiger partial charge in [-0.2, -0.15) is 0 Å². The highest BCUT2D eigenvalue weighted by atomic mass is 16.5. The summed E-state index contributed by atoms with van der Waals surface area (Å²) in [5.74, 6) is 0.691. The number of anilines is 1. The average Bonchev–Trinajstić information content (AvgIpc) is 2.55. The molecule has 2 heterocycles. The summed E-state index contributed by atoms with van der Waals surface area (Å²) in [7, 11) is 1.35. The standard InChI is InChI=1S/C16H16N2O3/c1-20-16(19)12-7-9-17-14(10-12)21-13-6-2-4-11-5-3-8-18-15(11)13/h2,4,6-7,9-10,18H,3,5,8H2,1H3. The summed E-state index contributed by atoms with van der Waals surface area (Å²) >= 11 is 0. The van der Waals surface area contributed by atoms with Crippen molar-refractivity contribution in [2.24, 2.45) is 0 Å². The fourth-order valence-corrected chi connectivity index (χ4v) is 2.39. The van der Waals surface area contributed by atoms with E-state index in [1.807, 2.05) is 12.1 Å². The summed E-state index contributed by atoms with van der Waals surface area (Å²) < 4.78 is 10.5. The fraction of sp³-hybridized carbons (Fsp3) is 0.250. The highest BCUT2D eigenvalue weighted by Crippen LogP contribution is 2.34. The predicted molar refractivity (Wildman–Crippen MR) is 78.9 cm³/mol.